The van der Waals surface area contributed by atoms with E-state index in [9.17, 15) is 9.59 Å². The first kappa shape index (κ1) is 20.9. The van der Waals surface area contributed by atoms with Crippen LogP contribution in [0.4, 0.5) is 0 Å². The maximum absolute atomic E-state index is 12.4. The van der Waals surface area contributed by atoms with Crippen LogP contribution < -0.4 is 15.4 Å². The van der Waals surface area contributed by atoms with Gasteiger partial charge in [-0.15, -0.1) is 0 Å². The summed E-state index contributed by atoms with van der Waals surface area (Å²) in [5.74, 6) is 0.370. The second-order valence-corrected chi connectivity index (χ2v) is 7.39. The van der Waals surface area contributed by atoms with E-state index in [1.807, 2.05) is 37.3 Å². The van der Waals surface area contributed by atoms with Crippen molar-refractivity contribution in [2.45, 2.75) is 25.8 Å². The third kappa shape index (κ3) is 5.81. The molecule has 0 bridgehead atoms. The van der Waals surface area contributed by atoms with Crippen LogP contribution >= 0.6 is 0 Å². The van der Waals surface area contributed by atoms with Crippen molar-refractivity contribution in [1.82, 2.24) is 15.5 Å². The number of methoxy groups -OCH3 is 1. The van der Waals surface area contributed by atoms with E-state index < -0.39 is 0 Å². The first-order valence-electron chi connectivity index (χ1n) is 10.1. The molecule has 2 N–H and O–H groups in total. The number of carbonyl (C=O) groups is 2. The van der Waals surface area contributed by atoms with E-state index in [1.54, 1.807) is 19.2 Å². The molecule has 0 aromatic heterocycles. The van der Waals surface area contributed by atoms with Crippen LogP contribution in [0, 0.1) is 6.92 Å². The molecule has 1 unspecified atom stereocenters. The van der Waals surface area contributed by atoms with Crippen molar-refractivity contribution in [3.63, 3.8) is 0 Å². The number of rotatable bonds is 8. The van der Waals surface area contributed by atoms with Gasteiger partial charge in [-0.25, -0.2) is 0 Å². The van der Waals surface area contributed by atoms with Gasteiger partial charge >= 0.3 is 0 Å². The fourth-order valence-corrected chi connectivity index (χ4v) is 3.68. The number of nitrogens with zero attached hydrogens (tertiary/aromatic N) is 1. The molecule has 1 aliphatic rings. The molecule has 0 saturated carbocycles. The Morgan fingerprint density at radius 3 is 2.55 bits per heavy atom. The third-order valence-corrected chi connectivity index (χ3v) is 5.24. The highest BCUT2D eigenvalue weighted by molar-refractivity contribution is 5.96. The largest absolute Gasteiger partial charge is 0.497 e. The Kier molecular flexibility index (Phi) is 7.25. The first-order chi connectivity index (χ1) is 14.1. The second-order valence-electron chi connectivity index (χ2n) is 7.39. The Labute approximate surface area is 172 Å². The molecule has 29 heavy (non-hydrogen) atoms. The van der Waals surface area contributed by atoms with Gasteiger partial charge in [0.1, 0.15) is 5.75 Å². The molecule has 154 valence electrons. The number of nitrogens with one attached hydrogen (secondary N) is 2. The number of ether oxygens (including phenoxy) is 1. The molecule has 3 rings (SSSR count). The summed E-state index contributed by atoms with van der Waals surface area (Å²) in [5.41, 5.74) is 2.69. The van der Waals surface area contributed by atoms with Gasteiger partial charge < -0.3 is 15.4 Å². The Bertz CT molecular complexity index is 847. The normalized spacial score (nSPS) is 15.0. The van der Waals surface area contributed by atoms with Gasteiger partial charge in [0.05, 0.1) is 19.7 Å². The van der Waals surface area contributed by atoms with Gasteiger partial charge in [0.15, 0.2) is 0 Å². The number of likely N-dealkylation sites (tertiary alicyclic amines) is 1. The highest BCUT2D eigenvalue weighted by Gasteiger charge is 2.24. The van der Waals surface area contributed by atoms with Gasteiger partial charge in [-0.1, -0.05) is 29.8 Å². The Morgan fingerprint density at radius 1 is 1.07 bits per heavy atom. The highest BCUT2D eigenvalue weighted by Crippen LogP contribution is 2.27. The van der Waals surface area contributed by atoms with Crippen LogP contribution in [0.25, 0.3) is 0 Å². The number of hydrogen-bond acceptors (Lipinski definition) is 4. The van der Waals surface area contributed by atoms with Gasteiger partial charge in [0.25, 0.3) is 5.91 Å². The third-order valence-electron chi connectivity index (χ3n) is 5.24. The average molecular weight is 396 g/mol. The molecule has 1 aliphatic heterocycles. The van der Waals surface area contributed by atoms with Crippen molar-refractivity contribution >= 4 is 11.8 Å². The summed E-state index contributed by atoms with van der Waals surface area (Å²) in [7, 11) is 1.66. The molecular weight excluding hydrogens is 366 g/mol. The number of carbonyl (C=O) groups excluding carboxylic acids is 2. The lowest BCUT2D eigenvalue weighted by Crippen LogP contribution is -2.41. The molecule has 0 spiro atoms. The van der Waals surface area contributed by atoms with E-state index in [1.165, 1.54) is 12.8 Å². The second kappa shape index (κ2) is 10.1. The Morgan fingerprint density at radius 2 is 1.83 bits per heavy atom. The van der Waals surface area contributed by atoms with Gasteiger partial charge in [0.2, 0.25) is 5.91 Å². The maximum atomic E-state index is 12.4. The first-order valence-corrected chi connectivity index (χ1v) is 10.1. The summed E-state index contributed by atoms with van der Waals surface area (Å²) >= 11 is 0. The lowest BCUT2D eigenvalue weighted by Gasteiger charge is -2.28. The smallest absolute Gasteiger partial charge is 0.251 e. The van der Waals surface area contributed by atoms with E-state index in [4.69, 9.17) is 4.74 Å². The Hall–Kier alpha value is -2.86. The molecule has 1 fully saturated rings. The van der Waals surface area contributed by atoms with Crippen molar-refractivity contribution in [3.8, 4) is 5.75 Å². The quantitative estimate of drug-likeness (QED) is 0.721. The van der Waals surface area contributed by atoms with Gasteiger partial charge in [-0.3, -0.25) is 14.5 Å². The van der Waals surface area contributed by atoms with E-state index in [0.29, 0.717) is 12.1 Å². The number of aryl methyl sites for hydroxylation is 1. The van der Waals surface area contributed by atoms with Crippen LogP contribution in [0.5, 0.6) is 5.75 Å². The van der Waals surface area contributed by atoms with Gasteiger partial charge in [-0.2, -0.15) is 0 Å². The van der Waals surface area contributed by atoms with Gasteiger partial charge in [0, 0.05) is 12.1 Å². The molecule has 6 nitrogen and oxygen atoms in total. The van der Waals surface area contributed by atoms with E-state index in [-0.39, 0.29) is 24.4 Å². The minimum atomic E-state index is -0.243. The van der Waals surface area contributed by atoms with Crippen LogP contribution in [-0.4, -0.2) is 50.0 Å². The highest BCUT2D eigenvalue weighted by atomic mass is 16.5. The number of benzene rings is 2. The zero-order valence-corrected chi connectivity index (χ0v) is 17.1. The Balaban J connectivity index is 1.57. The van der Waals surface area contributed by atoms with Crippen LogP contribution in [0.1, 0.15) is 40.4 Å². The molecular formula is C23H29N3O3. The van der Waals surface area contributed by atoms with Crippen molar-refractivity contribution in [3.05, 3.63) is 65.2 Å². The lowest BCUT2D eigenvalue weighted by molar-refractivity contribution is -0.120. The lowest BCUT2D eigenvalue weighted by atomic mass is 10.0. The van der Waals surface area contributed by atoms with Crippen molar-refractivity contribution in [2.24, 2.45) is 0 Å². The van der Waals surface area contributed by atoms with Crippen LogP contribution in [0.15, 0.2) is 48.5 Å². The zero-order valence-electron chi connectivity index (χ0n) is 17.1. The average Bonchev–Trinajstić information content (AvgIpc) is 3.27. The molecule has 6 heteroatoms. The summed E-state index contributed by atoms with van der Waals surface area (Å²) in [6, 6.07) is 15.4. The predicted octanol–water partition coefficient (Wildman–Crippen LogP) is 2.69. The van der Waals surface area contributed by atoms with Crippen molar-refractivity contribution in [1.29, 1.82) is 0 Å². The standard InChI is InChI=1S/C23H29N3O3/c1-17-7-5-9-19(13-17)23(28)25-16-22(27)24-15-21(26-11-3-4-12-26)18-8-6-10-20(14-18)29-2/h5-10,13-14,21H,3-4,11-12,15-16H2,1-2H3,(H,24,27)(H,25,28). The fraction of sp³-hybridized carbons (Fsp3) is 0.391. The summed E-state index contributed by atoms with van der Waals surface area (Å²) in [5, 5.41) is 5.67. The predicted molar refractivity (Wildman–Crippen MR) is 113 cm³/mol. The molecule has 0 aliphatic carbocycles. The molecule has 1 saturated heterocycles. The maximum Gasteiger partial charge on any atom is 0.251 e. The van der Waals surface area contributed by atoms with Gasteiger partial charge in [-0.05, 0) is 62.7 Å². The molecule has 0 radical (unpaired) electrons. The zero-order chi connectivity index (χ0) is 20.6. The van der Waals surface area contributed by atoms with Crippen LogP contribution in [0.3, 0.4) is 0 Å². The topological polar surface area (TPSA) is 70.7 Å². The van der Waals surface area contributed by atoms with Crippen LogP contribution in [-0.2, 0) is 4.79 Å². The monoisotopic (exact) mass is 395 g/mol. The number of hydrogen-bond donors (Lipinski definition) is 2. The van der Waals surface area contributed by atoms with E-state index in [0.717, 1.165) is 30.0 Å². The minimum absolute atomic E-state index is 0.0440. The summed E-state index contributed by atoms with van der Waals surface area (Å²) in [6.07, 6.45) is 2.34. The minimum Gasteiger partial charge on any atom is -0.497 e. The molecule has 2 aromatic rings. The molecule has 2 amide bonds. The molecule has 1 atom stereocenters. The van der Waals surface area contributed by atoms with E-state index in [2.05, 4.69) is 21.6 Å². The van der Waals surface area contributed by atoms with E-state index >= 15 is 0 Å². The van der Waals surface area contributed by atoms with Crippen molar-refractivity contribution in [2.75, 3.05) is 33.3 Å². The van der Waals surface area contributed by atoms with Crippen LogP contribution in [0.2, 0.25) is 0 Å². The SMILES string of the molecule is COc1cccc(C(CNC(=O)CNC(=O)c2cccc(C)c2)N2CCCC2)c1. The summed E-state index contributed by atoms with van der Waals surface area (Å²) in [4.78, 5) is 27.0. The summed E-state index contributed by atoms with van der Waals surface area (Å²) in [6.45, 7) is 4.41. The number of amides is 2. The molecule has 2 aromatic carbocycles. The van der Waals surface area contributed by atoms with Crippen molar-refractivity contribution < 1.29 is 14.3 Å². The molecule has 1 heterocycles. The fourth-order valence-electron chi connectivity index (χ4n) is 3.68. The summed E-state index contributed by atoms with van der Waals surface area (Å²) < 4.78 is 5.36.